The molecule has 4 aromatic rings. The Labute approximate surface area is 169 Å². The fraction of sp³-hybridized carbons (Fsp3) is 0. The van der Waals surface area contributed by atoms with Crippen molar-refractivity contribution in [1.82, 2.24) is 9.55 Å². The number of non-ortho nitro benzene ring substituents is 1. The standard InChI is InChI=1S/C21H15N5O2S/c22-20(16-9-11-23-12-10-16)24-21-25(17-7-4-8-18(13-17)26(27)28)19(14-29-21)15-5-2-1-3-6-15/h1-14,22H. The fourth-order valence-electron chi connectivity index (χ4n) is 2.86. The maximum absolute atomic E-state index is 11.3. The van der Waals surface area contributed by atoms with E-state index in [1.165, 1.54) is 23.5 Å². The Hall–Kier alpha value is -3.91. The van der Waals surface area contributed by atoms with Gasteiger partial charge in [-0.3, -0.25) is 25.1 Å². The van der Waals surface area contributed by atoms with Gasteiger partial charge in [0.2, 0.25) is 0 Å². The second-order valence-corrected chi connectivity index (χ2v) is 6.91. The zero-order chi connectivity index (χ0) is 20.2. The van der Waals surface area contributed by atoms with Gasteiger partial charge >= 0.3 is 0 Å². The molecule has 0 fully saturated rings. The number of amidine groups is 1. The SMILES string of the molecule is N=C(N=c1scc(-c2ccccc2)n1-c1cccc([N+](=O)[O-])c1)c1ccncc1. The number of nitrogens with zero attached hydrogens (tertiary/aromatic N) is 4. The summed E-state index contributed by atoms with van der Waals surface area (Å²) in [5.74, 6) is 0.0908. The van der Waals surface area contributed by atoms with E-state index in [2.05, 4.69) is 9.98 Å². The number of thiazole rings is 1. The van der Waals surface area contributed by atoms with Crippen LogP contribution in [0.5, 0.6) is 0 Å². The van der Waals surface area contributed by atoms with Gasteiger partial charge in [0.1, 0.15) is 0 Å². The van der Waals surface area contributed by atoms with Crippen molar-refractivity contribution in [2.24, 2.45) is 4.99 Å². The van der Waals surface area contributed by atoms with Crippen molar-refractivity contribution in [3.8, 4) is 16.9 Å². The topological polar surface area (TPSA) is 97.2 Å². The zero-order valence-electron chi connectivity index (χ0n) is 15.1. The van der Waals surface area contributed by atoms with Crippen molar-refractivity contribution in [3.05, 3.63) is 105 Å². The monoisotopic (exact) mass is 401 g/mol. The highest BCUT2D eigenvalue weighted by atomic mass is 32.1. The molecule has 142 valence electrons. The molecular formula is C21H15N5O2S. The van der Waals surface area contributed by atoms with Crippen molar-refractivity contribution < 1.29 is 4.92 Å². The summed E-state index contributed by atoms with van der Waals surface area (Å²) in [6.45, 7) is 0. The van der Waals surface area contributed by atoms with E-state index < -0.39 is 4.92 Å². The largest absolute Gasteiger partial charge is 0.285 e. The van der Waals surface area contributed by atoms with E-state index in [0.717, 1.165) is 11.3 Å². The van der Waals surface area contributed by atoms with Crippen LogP contribution in [0.2, 0.25) is 0 Å². The molecule has 0 unspecified atom stereocenters. The first-order valence-electron chi connectivity index (χ1n) is 8.68. The van der Waals surface area contributed by atoms with Crippen LogP contribution in [0.1, 0.15) is 5.56 Å². The smallest absolute Gasteiger partial charge is 0.271 e. The number of benzene rings is 2. The molecule has 0 aliphatic heterocycles. The van der Waals surface area contributed by atoms with Crippen molar-refractivity contribution in [2.45, 2.75) is 0 Å². The molecule has 0 radical (unpaired) electrons. The Balaban J connectivity index is 1.92. The lowest BCUT2D eigenvalue weighted by molar-refractivity contribution is -0.384. The molecule has 7 nitrogen and oxygen atoms in total. The van der Waals surface area contributed by atoms with Crippen LogP contribution in [0.4, 0.5) is 5.69 Å². The Morgan fingerprint density at radius 2 is 1.83 bits per heavy atom. The predicted molar refractivity (Wildman–Crippen MR) is 112 cm³/mol. The highest BCUT2D eigenvalue weighted by Gasteiger charge is 2.14. The average Bonchev–Trinajstić information content (AvgIpc) is 3.18. The molecule has 1 N–H and O–H groups in total. The molecule has 29 heavy (non-hydrogen) atoms. The first kappa shape index (κ1) is 18.5. The molecule has 0 spiro atoms. The summed E-state index contributed by atoms with van der Waals surface area (Å²) in [5.41, 5.74) is 3.04. The van der Waals surface area contributed by atoms with Crippen LogP contribution in [0.15, 0.2) is 89.5 Å². The van der Waals surface area contributed by atoms with Gasteiger partial charge in [0.15, 0.2) is 10.6 Å². The zero-order valence-corrected chi connectivity index (χ0v) is 15.9. The lowest BCUT2D eigenvalue weighted by Crippen LogP contribution is -2.16. The summed E-state index contributed by atoms with van der Waals surface area (Å²) >= 11 is 1.37. The van der Waals surface area contributed by atoms with Crippen LogP contribution in [-0.2, 0) is 0 Å². The van der Waals surface area contributed by atoms with E-state index in [-0.39, 0.29) is 11.5 Å². The summed E-state index contributed by atoms with van der Waals surface area (Å²) in [7, 11) is 0. The molecule has 0 atom stereocenters. The maximum atomic E-state index is 11.3. The lowest BCUT2D eigenvalue weighted by atomic mass is 10.1. The van der Waals surface area contributed by atoms with Crippen LogP contribution in [-0.4, -0.2) is 20.3 Å². The minimum atomic E-state index is -0.422. The van der Waals surface area contributed by atoms with Gasteiger partial charge in [0.25, 0.3) is 5.69 Å². The van der Waals surface area contributed by atoms with Gasteiger partial charge in [-0.15, -0.1) is 11.3 Å². The molecule has 0 aliphatic rings. The second-order valence-electron chi connectivity index (χ2n) is 6.08. The van der Waals surface area contributed by atoms with E-state index >= 15 is 0 Å². The minimum absolute atomic E-state index is 0.00429. The molecule has 2 aromatic heterocycles. The first-order valence-corrected chi connectivity index (χ1v) is 9.56. The molecule has 0 bridgehead atoms. The molecule has 0 saturated carbocycles. The predicted octanol–water partition coefficient (Wildman–Crippen LogP) is 4.44. The van der Waals surface area contributed by atoms with Gasteiger partial charge in [-0.1, -0.05) is 36.4 Å². The number of aromatic nitrogens is 2. The van der Waals surface area contributed by atoms with E-state index in [0.29, 0.717) is 16.1 Å². The highest BCUT2D eigenvalue weighted by molar-refractivity contribution is 7.07. The van der Waals surface area contributed by atoms with Crippen LogP contribution >= 0.6 is 11.3 Å². The Bertz CT molecular complexity index is 1250. The van der Waals surface area contributed by atoms with E-state index in [1.807, 2.05) is 40.3 Å². The summed E-state index contributed by atoms with van der Waals surface area (Å²) in [6, 6.07) is 19.6. The number of nitrogens with one attached hydrogen (secondary N) is 1. The minimum Gasteiger partial charge on any atom is -0.285 e. The van der Waals surface area contributed by atoms with Gasteiger partial charge < -0.3 is 0 Å². The van der Waals surface area contributed by atoms with Crippen LogP contribution in [0.25, 0.3) is 16.9 Å². The van der Waals surface area contributed by atoms with Gasteiger partial charge in [-0.05, 0) is 23.8 Å². The first-order chi connectivity index (χ1) is 14.1. The highest BCUT2D eigenvalue weighted by Crippen LogP contribution is 2.25. The molecule has 0 aliphatic carbocycles. The summed E-state index contributed by atoms with van der Waals surface area (Å²) in [5, 5.41) is 21.5. The third-order valence-electron chi connectivity index (χ3n) is 4.24. The van der Waals surface area contributed by atoms with Gasteiger partial charge in [0.05, 0.1) is 16.3 Å². The summed E-state index contributed by atoms with van der Waals surface area (Å²) in [6.07, 6.45) is 3.22. The maximum Gasteiger partial charge on any atom is 0.271 e. The van der Waals surface area contributed by atoms with Crippen LogP contribution in [0, 0.1) is 15.5 Å². The molecule has 8 heteroatoms. The van der Waals surface area contributed by atoms with E-state index in [9.17, 15) is 10.1 Å². The van der Waals surface area contributed by atoms with E-state index in [1.54, 1.807) is 36.7 Å². The summed E-state index contributed by atoms with van der Waals surface area (Å²) < 4.78 is 1.84. The number of rotatable bonds is 4. The fourth-order valence-corrected chi connectivity index (χ4v) is 3.78. The second kappa shape index (κ2) is 7.99. The number of nitro benzene ring substituents is 1. The Morgan fingerprint density at radius 1 is 1.07 bits per heavy atom. The molecule has 2 aromatic carbocycles. The third-order valence-corrected chi connectivity index (χ3v) is 5.06. The number of nitro groups is 1. The lowest BCUT2D eigenvalue weighted by Gasteiger charge is -2.09. The number of hydrogen-bond donors (Lipinski definition) is 1. The average molecular weight is 401 g/mol. The quantitative estimate of drug-likeness (QED) is 0.237. The molecule has 2 heterocycles. The molecule has 0 amide bonds. The van der Waals surface area contributed by atoms with Gasteiger partial charge in [0, 0.05) is 35.5 Å². The molecule has 0 saturated heterocycles. The van der Waals surface area contributed by atoms with Crippen molar-refractivity contribution in [2.75, 3.05) is 0 Å². The Kier molecular flexibility index (Phi) is 5.08. The number of pyridine rings is 1. The normalized spacial score (nSPS) is 11.4. The van der Waals surface area contributed by atoms with E-state index in [4.69, 9.17) is 5.41 Å². The van der Waals surface area contributed by atoms with Crippen molar-refractivity contribution in [1.29, 1.82) is 5.41 Å². The van der Waals surface area contributed by atoms with Gasteiger partial charge in [-0.25, -0.2) is 4.99 Å². The molecular weight excluding hydrogens is 386 g/mol. The molecule has 4 rings (SSSR count). The Morgan fingerprint density at radius 3 is 2.55 bits per heavy atom. The van der Waals surface area contributed by atoms with Crippen molar-refractivity contribution in [3.63, 3.8) is 0 Å². The van der Waals surface area contributed by atoms with Gasteiger partial charge in [-0.2, -0.15) is 0 Å². The van der Waals surface area contributed by atoms with Crippen LogP contribution in [0.3, 0.4) is 0 Å². The van der Waals surface area contributed by atoms with Crippen molar-refractivity contribution >= 4 is 22.9 Å². The summed E-state index contributed by atoms with van der Waals surface area (Å²) in [4.78, 5) is 19.8. The number of hydrogen-bond acceptors (Lipinski definition) is 5. The van der Waals surface area contributed by atoms with Crippen LogP contribution < -0.4 is 4.80 Å². The third kappa shape index (κ3) is 3.87.